The summed E-state index contributed by atoms with van der Waals surface area (Å²) in [5.74, 6) is -1.54. The fourth-order valence-electron chi connectivity index (χ4n) is 6.66. The van der Waals surface area contributed by atoms with Gasteiger partial charge in [-0.15, -0.1) is 5.10 Å². The molecule has 4 heterocycles. The largest absolute Gasteiger partial charge is 0.508 e. The van der Waals surface area contributed by atoms with E-state index in [9.17, 15) is 34.8 Å². The molecule has 3 saturated heterocycles. The number of aromatic nitrogens is 3. The van der Waals surface area contributed by atoms with Crippen LogP contribution in [-0.4, -0.2) is 138 Å². The van der Waals surface area contributed by atoms with Gasteiger partial charge >= 0.3 is 0 Å². The summed E-state index contributed by atoms with van der Waals surface area (Å²) >= 11 is 0. The van der Waals surface area contributed by atoms with Crippen molar-refractivity contribution in [1.82, 2.24) is 35.4 Å². The zero-order valence-electron chi connectivity index (χ0n) is 24.2. The SMILES string of the molecule is O=C1NC[C@@H]2O[C@H](C(=O)N(CCNC3CCCC3)CC(=O)N3C[C@@H](n4cc(-c5cccc(O)c5)nn4)C[C@@H]13)[C@H](O)[C@H](O)[C@H]2O. The Morgan fingerprint density at radius 3 is 2.64 bits per heavy atom. The number of nitrogens with one attached hydrogen (secondary N) is 2. The summed E-state index contributed by atoms with van der Waals surface area (Å²) in [4.78, 5) is 43.7. The van der Waals surface area contributed by atoms with Gasteiger partial charge in [0.15, 0.2) is 6.10 Å². The number of hydrogen-bond acceptors (Lipinski definition) is 11. The molecule has 1 aromatic heterocycles. The first-order chi connectivity index (χ1) is 21.2. The summed E-state index contributed by atoms with van der Waals surface area (Å²) in [5.41, 5.74) is 1.17. The van der Waals surface area contributed by atoms with Gasteiger partial charge in [0.2, 0.25) is 11.8 Å². The molecule has 4 aliphatic rings. The number of nitrogens with zero attached hydrogens (tertiary/aromatic N) is 5. The lowest BCUT2D eigenvalue weighted by molar-refractivity contribution is -0.223. The predicted molar refractivity (Wildman–Crippen MR) is 153 cm³/mol. The van der Waals surface area contributed by atoms with Crippen molar-refractivity contribution in [3.63, 3.8) is 0 Å². The Bertz CT molecular complexity index is 1370. The number of phenols is 1. The second-order valence-corrected chi connectivity index (χ2v) is 12.1. The molecule has 3 aliphatic heterocycles. The van der Waals surface area contributed by atoms with E-state index in [2.05, 4.69) is 20.9 Å². The molecule has 6 rings (SSSR count). The van der Waals surface area contributed by atoms with E-state index in [0.717, 1.165) is 25.7 Å². The Labute approximate surface area is 253 Å². The summed E-state index contributed by atoms with van der Waals surface area (Å²) < 4.78 is 7.35. The molecule has 1 saturated carbocycles. The molecule has 3 amide bonds. The fraction of sp³-hybridized carbons (Fsp3) is 0.621. The average molecular weight is 614 g/mol. The van der Waals surface area contributed by atoms with Gasteiger partial charge in [-0.2, -0.15) is 0 Å². The van der Waals surface area contributed by atoms with Crippen molar-refractivity contribution in [2.75, 3.05) is 32.7 Å². The quantitative estimate of drug-likeness (QED) is 0.213. The van der Waals surface area contributed by atoms with Crippen LogP contribution in [0.3, 0.4) is 0 Å². The Morgan fingerprint density at radius 2 is 1.86 bits per heavy atom. The van der Waals surface area contributed by atoms with Crippen LogP contribution in [0.15, 0.2) is 30.5 Å². The van der Waals surface area contributed by atoms with Crippen LogP contribution in [0, 0.1) is 0 Å². The van der Waals surface area contributed by atoms with Crippen molar-refractivity contribution in [2.45, 2.75) is 80.7 Å². The first-order valence-electron chi connectivity index (χ1n) is 15.2. The number of carbonyl (C=O) groups is 3. The van der Waals surface area contributed by atoms with Crippen molar-refractivity contribution < 1.29 is 39.5 Å². The number of carbonyl (C=O) groups excluding carboxylic acids is 3. The molecule has 0 spiro atoms. The summed E-state index contributed by atoms with van der Waals surface area (Å²) in [5, 5.41) is 56.2. The minimum Gasteiger partial charge on any atom is -0.508 e. The normalized spacial score (nSPS) is 31.9. The fourth-order valence-corrected chi connectivity index (χ4v) is 6.66. The van der Waals surface area contributed by atoms with Gasteiger partial charge in [0, 0.05) is 44.2 Å². The highest BCUT2D eigenvalue weighted by Gasteiger charge is 2.49. The van der Waals surface area contributed by atoms with E-state index in [-0.39, 0.29) is 38.3 Å². The number of aromatic hydroxyl groups is 1. The summed E-state index contributed by atoms with van der Waals surface area (Å²) in [7, 11) is 0. The highest BCUT2D eigenvalue weighted by molar-refractivity contribution is 5.92. The average Bonchev–Trinajstić information content (AvgIpc) is 3.79. The third-order valence-electron chi connectivity index (χ3n) is 9.17. The van der Waals surface area contributed by atoms with E-state index < -0.39 is 60.3 Å². The third-order valence-corrected chi connectivity index (χ3v) is 9.17. The van der Waals surface area contributed by atoms with Crippen LogP contribution in [0.1, 0.15) is 38.1 Å². The second kappa shape index (κ2) is 12.8. The van der Waals surface area contributed by atoms with Crippen molar-refractivity contribution >= 4 is 17.7 Å². The molecule has 4 fully saturated rings. The highest BCUT2D eigenvalue weighted by Crippen LogP contribution is 2.30. The smallest absolute Gasteiger partial charge is 0.255 e. The van der Waals surface area contributed by atoms with E-state index in [4.69, 9.17) is 4.74 Å². The second-order valence-electron chi connectivity index (χ2n) is 12.1. The standard InChI is InChI=1S/C29H39N7O8/c37-19-7-3-4-16(10-19)20-14-36(33-32-20)18-11-21-28(42)31-12-22-24(39)25(40)26(41)27(44-22)29(43)34(15-23(38)35(21)13-18)9-8-30-17-5-1-2-6-17/h3-4,7,10,14,17-18,21-22,24-27,30,37,39-41H,1-2,5-6,8-9,11-13,15H2,(H,31,42)/t18-,21-,22-,24-,25+,26+,27-/m0/s1. The number of ether oxygens (including phenoxy) is 1. The van der Waals surface area contributed by atoms with Gasteiger partial charge in [0.05, 0.1) is 18.8 Å². The van der Waals surface area contributed by atoms with Gasteiger partial charge in [0.1, 0.15) is 41.9 Å². The van der Waals surface area contributed by atoms with Gasteiger partial charge < -0.3 is 45.6 Å². The molecule has 15 heteroatoms. The number of aliphatic hydroxyl groups is 3. The maximum Gasteiger partial charge on any atom is 0.255 e. The highest BCUT2D eigenvalue weighted by atomic mass is 16.5. The molecule has 15 nitrogen and oxygen atoms in total. The molecule has 44 heavy (non-hydrogen) atoms. The lowest BCUT2D eigenvalue weighted by Crippen LogP contribution is -2.65. The number of fused-ring (bicyclic) bond motifs is 3. The molecule has 2 bridgehead atoms. The van der Waals surface area contributed by atoms with Crippen molar-refractivity contribution in [2.24, 2.45) is 0 Å². The molecule has 0 unspecified atom stereocenters. The van der Waals surface area contributed by atoms with Crippen LogP contribution in [-0.2, 0) is 19.1 Å². The monoisotopic (exact) mass is 613 g/mol. The van der Waals surface area contributed by atoms with Gasteiger partial charge in [-0.3, -0.25) is 14.4 Å². The van der Waals surface area contributed by atoms with Gasteiger partial charge in [-0.05, 0) is 25.0 Å². The molecule has 238 valence electrons. The number of hydrogen-bond donors (Lipinski definition) is 6. The van der Waals surface area contributed by atoms with Crippen molar-refractivity contribution in [1.29, 1.82) is 0 Å². The molecule has 2 aromatic rings. The topological polar surface area (TPSA) is 203 Å². The zero-order valence-corrected chi connectivity index (χ0v) is 24.2. The Morgan fingerprint density at radius 1 is 1.07 bits per heavy atom. The lowest BCUT2D eigenvalue weighted by Gasteiger charge is -2.42. The number of benzene rings is 1. The van der Waals surface area contributed by atoms with E-state index in [1.165, 1.54) is 9.80 Å². The van der Waals surface area contributed by atoms with Crippen LogP contribution in [0.25, 0.3) is 11.3 Å². The van der Waals surface area contributed by atoms with E-state index in [0.29, 0.717) is 23.8 Å². The van der Waals surface area contributed by atoms with E-state index in [1.54, 1.807) is 35.1 Å². The number of rotatable bonds is 6. The lowest BCUT2D eigenvalue weighted by atomic mass is 9.93. The first-order valence-corrected chi connectivity index (χ1v) is 15.2. The van der Waals surface area contributed by atoms with Crippen LogP contribution < -0.4 is 10.6 Å². The van der Waals surface area contributed by atoms with Gasteiger partial charge in [-0.25, -0.2) is 4.68 Å². The first kappa shape index (κ1) is 30.4. The Kier molecular flexibility index (Phi) is 8.82. The summed E-state index contributed by atoms with van der Waals surface area (Å²) in [6.07, 6.45) is -1.40. The molecular formula is C29H39N7O8. The molecule has 1 aliphatic carbocycles. The van der Waals surface area contributed by atoms with Gasteiger partial charge in [-0.1, -0.05) is 30.2 Å². The number of aliphatic hydroxyl groups excluding tert-OH is 3. The van der Waals surface area contributed by atoms with E-state index >= 15 is 0 Å². The van der Waals surface area contributed by atoms with Crippen molar-refractivity contribution in [3.05, 3.63) is 30.5 Å². The minimum absolute atomic E-state index is 0.0833. The van der Waals surface area contributed by atoms with Crippen LogP contribution in [0.4, 0.5) is 0 Å². The maximum absolute atomic E-state index is 13.8. The molecule has 0 radical (unpaired) electrons. The third kappa shape index (κ3) is 6.15. The Balaban J connectivity index is 1.25. The molecule has 6 N–H and O–H groups in total. The number of phenolic OH excluding ortho intramolecular Hbond substituents is 1. The minimum atomic E-state index is -1.72. The van der Waals surface area contributed by atoms with Gasteiger partial charge in [0.25, 0.3) is 5.91 Å². The molecular weight excluding hydrogens is 574 g/mol. The summed E-state index contributed by atoms with van der Waals surface area (Å²) in [6.45, 7) is 0.0652. The van der Waals surface area contributed by atoms with Crippen LogP contribution in [0.2, 0.25) is 0 Å². The van der Waals surface area contributed by atoms with Crippen molar-refractivity contribution in [3.8, 4) is 17.0 Å². The maximum atomic E-state index is 13.8. The van der Waals surface area contributed by atoms with Crippen LogP contribution >= 0.6 is 0 Å². The molecule has 1 aromatic carbocycles. The predicted octanol–water partition coefficient (Wildman–Crippen LogP) is -1.87. The Hall–Kier alpha value is -3.63. The summed E-state index contributed by atoms with van der Waals surface area (Å²) in [6, 6.07) is 5.60. The van der Waals surface area contributed by atoms with Crippen LogP contribution in [0.5, 0.6) is 5.75 Å². The van der Waals surface area contributed by atoms with E-state index in [1.807, 2.05) is 0 Å². The molecule has 7 atom stereocenters. The zero-order chi connectivity index (χ0) is 31.0. The number of amides is 3.